The molecule has 2 N–H and O–H groups in total. The maximum atomic E-state index is 12.2. The van der Waals surface area contributed by atoms with E-state index in [0.717, 1.165) is 5.56 Å². The molecule has 2 aromatic carbocycles. The number of hydrogen-bond donors (Lipinski definition) is 1. The number of para-hydroxylation sites is 1. The minimum atomic E-state index is -0.931. The Labute approximate surface area is 110 Å². The molecule has 0 unspecified atom stereocenters. The molecule has 4 heteroatoms. The molecule has 0 aliphatic rings. The summed E-state index contributed by atoms with van der Waals surface area (Å²) in [6.07, 6.45) is -0.681. The molecule has 0 bridgehead atoms. The SMILES string of the molecule is NC(=O)Oc1ccccc1C(=O)Cc1ccccc1. The Balaban J connectivity index is 2.21. The van der Waals surface area contributed by atoms with Gasteiger partial charge in [0, 0.05) is 6.42 Å². The summed E-state index contributed by atoms with van der Waals surface area (Å²) in [4.78, 5) is 23.0. The van der Waals surface area contributed by atoms with Crippen LogP contribution in [0.25, 0.3) is 0 Å². The second kappa shape index (κ2) is 5.82. The Kier molecular flexibility index (Phi) is 3.93. The summed E-state index contributed by atoms with van der Waals surface area (Å²) in [6.45, 7) is 0. The van der Waals surface area contributed by atoms with E-state index in [4.69, 9.17) is 10.5 Å². The maximum Gasteiger partial charge on any atom is 0.409 e. The summed E-state index contributed by atoms with van der Waals surface area (Å²) in [5.74, 6) is 0.0685. The van der Waals surface area contributed by atoms with Crippen molar-refractivity contribution in [2.24, 2.45) is 5.73 Å². The summed E-state index contributed by atoms with van der Waals surface area (Å²) in [7, 11) is 0. The van der Waals surface area contributed by atoms with Gasteiger partial charge in [-0.3, -0.25) is 4.79 Å². The number of ketones is 1. The fourth-order valence-electron chi connectivity index (χ4n) is 1.77. The molecule has 0 radical (unpaired) electrons. The number of primary amides is 1. The van der Waals surface area contributed by atoms with Crippen LogP contribution in [0, 0.1) is 0 Å². The molecule has 0 spiro atoms. The Bertz CT molecular complexity index is 593. The maximum absolute atomic E-state index is 12.2. The van der Waals surface area contributed by atoms with Crippen molar-refractivity contribution >= 4 is 11.9 Å². The molecule has 96 valence electrons. The van der Waals surface area contributed by atoms with Crippen molar-refractivity contribution in [1.29, 1.82) is 0 Å². The van der Waals surface area contributed by atoms with E-state index < -0.39 is 6.09 Å². The van der Waals surface area contributed by atoms with E-state index in [1.54, 1.807) is 24.3 Å². The minimum absolute atomic E-state index is 0.122. The first-order valence-electron chi connectivity index (χ1n) is 5.80. The van der Waals surface area contributed by atoms with Gasteiger partial charge in [0.05, 0.1) is 5.56 Å². The van der Waals surface area contributed by atoms with Gasteiger partial charge in [-0.1, -0.05) is 42.5 Å². The van der Waals surface area contributed by atoms with Gasteiger partial charge in [-0.15, -0.1) is 0 Å². The molecule has 0 saturated heterocycles. The zero-order chi connectivity index (χ0) is 13.7. The largest absolute Gasteiger partial charge is 0.410 e. The third-order valence-corrected chi connectivity index (χ3v) is 2.61. The number of amides is 1. The van der Waals surface area contributed by atoms with E-state index in [-0.39, 0.29) is 18.0 Å². The second-order valence-electron chi connectivity index (χ2n) is 4.00. The highest BCUT2D eigenvalue weighted by molar-refractivity contribution is 6.00. The highest BCUT2D eigenvalue weighted by atomic mass is 16.5. The number of carbonyl (C=O) groups excluding carboxylic acids is 2. The molecular weight excluding hydrogens is 242 g/mol. The van der Waals surface area contributed by atoms with Gasteiger partial charge in [0.25, 0.3) is 0 Å². The lowest BCUT2D eigenvalue weighted by molar-refractivity contribution is 0.0990. The van der Waals surface area contributed by atoms with Gasteiger partial charge in [-0.2, -0.15) is 0 Å². The molecule has 0 heterocycles. The number of nitrogens with two attached hydrogens (primary N) is 1. The lowest BCUT2D eigenvalue weighted by Gasteiger charge is -2.07. The summed E-state index contributed by atoms with van der Waals surface area (Å²) in [5, 5.41) is 0. The van der Waals surface area contributed by atoms with E-state index in [2.05, 4.69) is 0 Å². The minimum Gasteiger partial charge on any atom is -0.410 e. The van der Waals surface area contributed by atoms with E-state index in [1.807, 2.05) is 30.3 Å². The smallest absolute Gasteiger partial charge is 0.409 e. The summed E-state index contributed by atoms with van der Waals surface area (Å²) >= 11 is 0. The first kappa shape index (κ1) is 12.8. The van der Waals surface area contributed by atoms with Crippen LogP contribution in [0.1, 0.15) is 15.9 Å². The summed E-state index contributed by atoms with van der Waals surface area (Å²) in [5.41, 5.74) is 6.23. The molecule has 0 aliphatic carbocycles. The lowest BCUT2D eigenvalue weighted by Crippen LogP contribution is -2.18. The molecule has 0 saturated carbocycles. The average Bonchev–Trinajstić information content (AvgIpc) is 2.39. The van der Waals surface area contributed by atoms with Crippen LogP contribution in [-0.2, 0) is 6.42 Å². The number of benzene rings is 2. The molecule has 1 amide bonds. The van der Waals surface area contributed by atoms with Crippen molar-refractivity contribution in [3.05, 3.63) is 65.7 Å². The highest BCUT2D eigenvalue weighted by Crippen LogP contribution is 2.20. The Morgan fingerprint density at radius 3 is 2.26 bits per heavy atom. The average molecular weight is 255 g/mol. The normalized spacial score (nSPS) is 9.89. The van der Waals surface area contributed by atoms with Crippen LogP contribution in [0.4, 0.5) is 4.79 Å². The quantitative estimate of drug-likeness (QED) is 0.853. The summed E-state index contributed by atoms with van der Waals surface area (Å²) < 4.78 is 4.82. The van der Waals surface area contributed by atoms with Crippen molar-refractivity contribution in [2.45, 2.75) is 6.42 Å². The van der Waals surface area contributed by atoms with Gasteiger partial charge in [0.1, 0.15) is 5.75 Å². The van der Waals surface area contributed by atoms with Gasteiger partial charge in [-0.25, -0.2) is 4.79 Å². The predicted octanol–water partition coefficient (Wildman–Crippen LogP) is 2.57. The number of Topliss-reactive ketones (excluding diaryl/α,β-unsaturated/α-hetero) is 1. The Morgan fingerprint density at radius 1 is 0.947 bits per heavy atom. The van der Waals surface area contributed by atoms with Crippen LogP contribution in [0.2, 0.25) is 0 Å². The summed E-state index contributed by atoms with van der Waals surface area (Å²) in [6, 6.07) is 15.9. The van der Waals surface area contributed by atoms with Crippen molar-refractivity contribution < 1.29 is 14.3 Å². The van der Waals surface area contributed by atoms with Gasteiger partial charge in [0.2, 0.25) is 0 Å². The molecule has 2 aromatic rings. The molecule has 2 rings (SSSR count). The second-order valence-corrected chi connectivity index (χ2v) is 4.00. The first-order valence-corrected chi connectivity index (χ1v) is 5.80. The van der Waals surface area contributed by atoms with Crippen LogP contribution in [0.3, 0.4) is 0 Å². The van der Waals surface area contributed by atoms with Gasteiger partial charge in [0.15, 0.2) is 5.78 Å². The van der Waals surface area contributed by atoms with E-state index >= 15 is 0 Å². The lowest BCUT2D eigenvalue weighted by atomic mass is 10.0. The topological polar surface area (TPSA) is 69.4 Å². The molecule has 0 fully saturated rings. The number of hydrogen-bond acceptors (Lipinski definition) is 3. The zero-order valence-corrected chi connectivity index (χ0v) is 10.2. The van der Waals surface area contributed by atoms with Crippen molar-refractivity contribution in [2.75, 3.05) is 0 Å². The molecule has 4 nitrogen and oxygen atoms in total. The Morgan fingerprint density at radius 2 is 1.58 bits per heavy atom. The van der Waals surface area contributed by atoms with Crippen LogP contribution in [-0.4, -0.2) is 11.9 Å². The van der Waals surface area contributed by atoms with Crippen molar-refractivity contribution in [3.63, 3.8) is 0 Å². The van der Waals surface area contributed by atoms with E-state index in [0.29, 0.717) is 5.56 Å². The third kappa shape index (κ3) is 3.42. The van der Waals surface area contributed by atoms with Crippen LogP contribution in [0.15, 0.2) is 54.6 Å². The fourth-order valence-corrected chi connectivity index (χ4v) is 1.77. The molecular formula is C15H13NO3. The van der Waals surface area contributed by atoms with Crippen molar-refractivity contribution in [1.82, 2.24) is 0 Å². The number of ether oxygens (including phenoxy) is 1. The van der Waals surface area contributed by atoms with Crippen LogP contribution >= 0.6 is 0 Å². The molecule has 0 aromatic heterocycles. The fraction of sp³-hybridized carbons (Fsp3) is 0.0667. The van der Waals surface area contributed by atoms with Crippen LogP contribution in [0.5, 0.6) is 5.75 Å². The highest BCUT2D eigenvalue weighted by Gasteiger charge is 2.14. The number of carbonyl (C=O) groups is 2. The molecule has 0 aliphatic heterocycles. The molecule has 19 heavy (non-hydrogen) atoms. The van der Waals surface area contributed by atoms with Crippen molar-refractivity contribution in [3.8, 4) is 5.75 Å². The monoisotopic (exact) mass is 255 g/mol. The standard InChI is InChI=1S/C15H13NO3/c16-15(18)19-14-9-5-4-8-12(14)13(17)10-11-6-2-1-3-7-11/h1-9H,10H2,(H2,16,18). The molecule has 0 atom stereocenters. The van der Waals surface area contributed by atoms with Crippen LogP contribution < -0.4 is 10.5 Å². The van der Waals surface area contributed by atoms with Gasteiger partial charge < -0.3 is 10.5 Å². The zero-order valence-electron chi connectivity index (χ0n) is 10.2. The van der Waals surface area contributed by atoms with E-state index in [1.165, 1.54) is 0 Å². The van der Waals surface area contributed by atoms with Gasteiger partial charge in [-0.05, 0) is 17.7 Å². The van der Waals surface area contributed by atoms with E-state index in [9.17, 15) is 9.59 Å². The van der Waals surface area contributed by atoms with Gasteiger partial charge >= 0.3 is 6.09 Å². The predicted molar refractivity (Wildman–Crippen MR) is 71.1 cm³/mol. The third-order valence-electron chi connectivity index (χ3n) is 2.61. The Hall–Kier alpha value is -2.62. The first-order chi connectivity index (χ1) is 9.16. The number of rotatable bonds is 4.